The van der Waals surface area contributed by atoms with Gasteiger partial charge in [-0.15, -0.1) is 0 Å². The lowest BCUT2D eigenvalue weighted by Gasteiger charge is -2.04. The molecule has 1 heterocycles. The van der Waals surface area contributed by atoms with Gasteiger partial charge in [0, 0.05) is 17.3 Å². The van der Waals surface area contributed by atoms with Crippen molar-refractivity contribution in [2.75, 3.05) is 0 Å². The summed E-state index contributed by atoms with van der Waals surface area (Å²) < 4.78 is 1.53. The second kappa shape index (κ2) is 4.28. The molecule has 0 unspecified atom stereocenters. The normalized spacial score (nSPS) is 10.2. The fraction of sp³-hybridized carbons (Fsp3) is 0.0909. The smallest absolute Gasteiger partial charge is 0.253 e. The largest absolute Gasteiger partial charge is 0.295 e. The third-order valence-corrected chi connectivity index (χ3v) is 2.27. The maximum Gasteiger partial charge on any atom is 0.253 e. The molecule has 0 saturated carbocycles. The van der Waals surface area contributed by atoms with Crippen molar-refractivity contribution < 1.29 is 0 Å². The van der Waals surface area contributed by atoms with Gasteiger partial charge in [0.05, 0.1) is 12.9 Å². The van der Waals surface area contributed by atoms with Gasteiger partial charge in [0.15, 0.2) is 0 Å². The van der Waals surface area contributed by atoms with Crippen molar-refractivity contribution in [3.05, 3.63) is 63.8 Å². The maximum absolute atomic E-state index is 11.4. The van der Waals surface area contributed by atoms with Crippen LogP contribution in [0.25, 0.3) is 0 Å². The minimum Gasteiger partial charge on any atom is -0.295 e. The van der Waals surface area contributed by atoms with Gasteiger partial charge in [0.1, 0.15) is 0 Å². The molecule has 0 N–H and O–H groups in total. The van der Waals surface area contributed by atoms with E-state index in [1.165, 1.54) is 23.2 Å². The fourth-order valence-electron chi connectivity index (χ4n) is 1.33. The summed E-state index contributed by atoms with van der Waals surface area (Å²) in [5.41, 5.74) is 0.919. The first-order valence-corrected chi connectivity index (χ1v) is 4.88. The van der Waals surface area contributed by atoms with E-state index in [2.05, 4.69) is 4.98 Å². The Balaban J connectivity index is 2.30. The van der Waals surface area contributed by atoms with E-state index in [1.807, 2.05) is 18.2 Å². The third kappa shape index (κ3) is 2.44. The Hall–Kier alpha value is -1.61. The van der Waals surface area contributed by atoms with Crippen LogP contribution in [0.3, 0.4) is 0 Å². The third-order valence-electron chi connectivity index (χ3n) is 2.03. The Morgan fingerprint density at radius 1 is 1.33 bits per heavy atom. The molecule has 0 radical (unpaired) electrons. The molecular formula is C11H9ClN2O. The standard InChI is InChI=1S/C11H9ClN2O/c12-10-3-1-2-9(6-10)7-14-8-13-5-4-11(14)15/h1-6,8H,7H2. The summed E-state index contributed by atoms with van der Waals surface area (Å²) >= 11 is 5.85. The lowest BCUT2D eigenvalue weighted by atomic mass is 10.2. The zero-order valence-electron chi connectivity index (χ0n) is 7.93. The molecule has 2 aromatic rings. The molecule has 0 atom stereocenters. The molecule has 15 heavy (non-hydrogen) atoms. The van der Waals surface area contributed by atoms with Crippen molar-refractivity contribution in [2.24, 2.45) is 0 Å². The first kappa shape index (κ1) is 9.93. The highest BCUT2D eigenvalue weighted by Gasteiger charge is 1.97. The van der Waals surface area contributed by atoms with Crippen LogP contribution in [-0.2, 0) is 6.54 Å². The molecule has 4 heteroatoms. The quantitative estimate of drug-likeness (QED) is 0.776. The molecule has 0 aliphatic heterocycles. The van der Waals surface area contributed by atoms with Crippen molar-refractivity contribution in [1.82, 2.24) is 9.55 Å². The molecule has 76 valence electrons. The van der Waals surface area contributed by atoms with Gasteiger partial charge in [-0.25, -0.2) is 4.98 Å². The second-order valence-corrected chi connectivity index (χ2v) is 3.61. The predicted octanol–water partition coefficient (Wildman–Crippen LogP) is 1.95. The molecular weight excluding hydrogens is 212 g/mol. The van der Waals surface area contributed by atoms with E-state index in [4.69, 9.17) is 11.6 Å². The Labute approximate surface area is 92.0 Å². The number of nitrogens with zero attached hydrogens (tertiary/aromatic N) is 2. The Morgan fingerprint density at radius 3 is 2.93 bits per heavy atom. The highest BCUT2D eigenvalue weighted by atomic mass is 35.5. The summed E-state index contributed by atoms with van der Waals surface area (Å²) in [5, 5.41) is 0.671. The fourth-order valence-corrected chi connectivity index (χ4v) is 1.54. The van der Waals surface area contributed by atoms with Crippen molar-refractivity contribution in [2.45, 2.75) is 6.54 Å². The Bertz CT molecular complexity index is 522. The van der Waals surface area contributed by atoms with Gasteiger partial charge in [0.2, 0.25) is 0 Å². The van der Waals surface area contributed by atoms with E-state index in [9.17, 15) is 4.79 Å². The van der Waals surface area contributed by atoms with Crippen molar-refractivity contribution in [3.63, 3.8) is 0 Å². The van der Waals surface area contributed by atoms with E-state index in [1.54, 1.807) is 6.07 Å². The lowest BCUT2D eigenvalue weighted by Crippen LogP contribution is -2.19. The van der Waals surface area contributed by atoms with Gasteiger partial charge in [0.25, 0.3) is 5.56 Å². The monoisotopic (exact) mass is 220 g/mol. The van der Waals surface area contributed by atoms with E-state index < -0.39 is 0 Å². The number of halogens is 1. The molecule has 2 rings (SSSR count). The summed E-state index contributed by atoms with van der Waals surface area (Å²) in [4.78, 5) is 15.3. The van der Waals surface area contributed by atoms with Crippen LogP contribution >= 0.6 is 11.6 Å². The highest BCUT2D eigenvalue weighted by molar-refractivity contribution is 6.30. The molecule has 0 fully saturated rings. The zero-order valence-corrected chi connectivity index (χ0v) is 8.69. The highest BCUT2D eigenvalue weighted by Crippen LogP contribution is 2.10. The molecule has 1 aromatic carbocycles. The molecule has 3 nitrogen and oxygen atoms in total. The van der Waals surface area contributed by atoms with Crippen LogP contribution in [0.1, 0.15) is 5.56 Å². The van der Waals surface area contributed by atoms with Crippen LogP contribution in [0.15, 0.2) is 47.7 Å². The van der Waals surface area contributed by atoms with Gasteiger partial charge in [-0.2, -0.15) is 0 Å². The molecule has 0 amide bonds. The van der Waals surface area contributed by atoms with Crippen LogP contribution in [0.5, 0.6) is 0 Å². The average Bonchev–Trinajstić information content (AvgIpc) is 2.22. The van der Waals surface area contributed by atoms with Gasteiger partial charge < -0.3 is 0 Å². The van der Waals surface area contributed by atoms with E-state index in [-0.39, 0.29) is 5.56 Å². The first-order valence-electron chi connectivity index (χ1n) is 4.50. The Morgan fingerprint density at radius 2 is 2.20 bits per heavy atom. The first-order chi connectivity index (χ1) is 7.25. The lowest BCUT2D eigenvalue weighted by molar-refractivity contribution is 0.736. The van der Waals surface area contributed by atoms with Crippen molar-refractivity contribution in [3.8, 4) is 0 Å². The van der Waals surface area contributed by atoms with Gasteiger partial charge >= 0.3 is 0 Å². The van der Waals surface area contributed by atoms with Crippen LogP contribution in [0.2, 0.25) is 5.02 Å². The van der Waals surface area contributed by atoms with Gasteiger partial charge in [-0.05, 0) is 17.7 Å². The summed E-state index contributed by atoms with van der Waals surface area (Å²) in [6.07, 6.45) is 3.00. The van der Waals surface area contributed by atoms with Crippen LogP contribution in [0, 0.1) is 0 Å². The number of rotatable bonds is 2. The average molecular weight is 221 g/mol. The van der Waals surface area contributed by atoms with E-state index in [0.29, 0.717) is 11.6 Å². The molecule has 1 aromatic heterocycles. The number of hydrogen-bond donors (Lipinski definition) is 0. The summed E-state index contributed by atoms with van der Waals surface area (Å²) in [6.45, 7) is 0.493. The van der Waals surface area contributed by atoms with Crippen LogP contribution in [-0.4, -0.2) is 9.55 Å². The maximum atomic E-state index is 11.4. The number of hydrogen-bond acceptors (Lipinski definition) is 2. The van der Waals surface area contributed by atoms with E-state index >= 15 is 0 Å². The number of benzene rings is 1. The SMILES string of the molecule is O=c1ccncn1Cc1cccc(Cl)c1. The van der Waals surface area contributed by atoms with Gasteiger partial charge in [-0.1, -0.05) is 23.7 Å². The molecule has 0 spiro atoms. The molecule has 0 aliphatic rings. The molecule has 0 saturated heterocycles. The summed E-state index contributed by atoms with van der Waals surface area (Å²) in [5.74, 6) is 0. The topological polar surface area (TPSA) is 34.9 Å². The number of aromatic nitrogens is 2. The second-order valence-electron chi connectivity index (χ2n) is 3.18. The summed E-state index contributed by atoms with van der Waals surface area (Å²) in [7, 11) is 0. The molecule has 0 aliphatic carbocycles. The van der Waals surface area contributed by atoms with Crippen LogP contribution < -0.4 is 5.56 Å². The van der Waals surface area contributed by atoms with Gasteiger partial charge in [-0.3, -0.25) is 9.36 Å². The molecule has 0 bridgehead atoms. The van der Waals surface area contributed by atoms with E-state index in [0.717, 1.165) is 5.56 Å². The van der Waals surface area contributed by atoms with Crippen molar-refractivity contribution >= 4 is 11.6 Å². The minimum atomic E-state index is -0.0648. The minimum absolute atomic E-state index is 0.0648. The zero-order chi connectivity index (χ0) is 10.7. The predicted molar refractivity (Wildman–Crippen MR) is 59.1 cm³/mol. The summed E-state index contributed by atoms with van der Waals surface area (Å²) in [6, 6.07) is 8.85. The van der Waals surface area contributed by atoms with Crippen molar-refractivity contribution in [1.29, 1.82) is 0 Å². The Kier molecular flexibility index (Phi) is 2.83. The van der Waals surface area contributed by atoms with Crippen LogP contribution in [0.4, 0.5) is 0 Å².